The van der Waals surface area contributed by atoms with Crippen LogP contribution in [0.3, 0.4) is 0 Å². The van der Waals surface area contributed by atoms with Gasteiger partial charge < -0.3 is 5.32 Å². The molecule has 0 amide bonds. The molecule has 0 radical (unpaired) electrons. The lowest BCUT2D eigenvalue weighted by Crippen LogP contribution is -2.15. The Morgan fingerprint density at radius 3 is 2.72 bits per heavy atom. The summed E-state index contributed by atoms with van der Waals surface area (Å²) in [6.45, 7) is 3.15. The third-order valence-corrected chi connectivity index (χ3v) is 4.57. The number of hydrogen-bond donors (Lipinski definition) is 1. The number of benzene rings is 1. The summed E-state index contributed by atoms with van der Waals surface area (Å²) in [6.07, 6.45) is 2.68. The standard InChI is InChI=1S/C15H16ClNS/c1-10-8-11(9-17-12-3-4-12)2-5-13(10)14-6-7-15(16)18-14/h2,5-8,12,17H,3-4,9H2,1H3. The van der Waals surface area contributed by atoms with Crippen molar-refractivity contribution in [3.05, 3.63) is 45.8 Å². The summed E-state index contributed by atoms with van der Waals surface area (Å²) in [4.78, 5) is 1.25. The van der Waals surface area contributed by atoms with Crippen molar-refractivity contribution in [1.82, 2.24) is 5.32 Å². The summed E-state index contributed by atoms with van der Waals surface area (Å²) in [5.41, 5.74) is 3.98. The molecule has 3 rings (SSSR count). The average molecular weight is 278 g/mol. The molecule has 1 fully saturated rings. The van der Waals surface area contributed by atoms with Gasteiger partial charge in [-0.15, -0.1) is 11.3 Å². The molecule has 0 atom stereocenters. The van der Waals surface area contributed by atoms with Gasteiger partial charge in [-0.1, -0.05) is 29.8 Å². The maximum absolute atomic E-state index is 5.99. The fraction of sp³-hybridized carbons (Fsp3) is 0.333. The van der Waals surface area contributed by atoms with Gasteiger partial charge in [0.25, 0.3) is 0 Å². The zero-order chi connectivity index (χ0) is 12.5. The molecular formula is C15H16ClNS. The molecule has 0 bridgehead atoms. The normalized spacial score (nSPS) is 15.0. The van der Waals surface area contributed by atoms with E-state index >= 15 is 0 Å². The van der Waals surface area contributed by atoms with Gasteiger partial charge in [-0.25, -0.2) is 0 Å². The molecule has 0 aliphatic heterocycles. The predicted octanol–water partition coefficient (Wildman–Crippen LogP) is 4.63. The van der Waals surface area contributed by atoms with Crippen LogP contribution in [-0.2, 0) is 6.54 Å². The van der Waals surface area contributed by atoms with Gasteiger partial charge in [0, 0.05) is 17.5 Å². The van der Waals surface area contributed by atoms with Crippen molar-refractivity contribution in [3.8, 4) is 10.4 Å². The van der Waals surface area contributed by atoms with Gasteiger partial charge in [-0.2, -0.15) is 0 Å². The van der Waals surface area contributed by atoms with E-state index in [1.165, 1.54) is 34.4 Å². The van der Waals surface area contributed by atoms with E-state index in [1.807, 2.05) is 6.07 Å². The van der Waals surface area contributed by atoms with Crippen molar-refractivity contribution in [1.29, 1.82) is 0 Å². The van der Waals surface area contributed by atoms with E-state index in [9.17, 15) is 0 Å². The topological polar surface area (TPSA) is 12.0 Å². The van der Waals surface area contributed by atoms with Gasteiger partial charge in [0.1, 0.15) is 0 Å². The van der Waals surface area contributed by atoms with Crippen LogP contribution in [0.1, 0.15) is 24.0 Å². The zero-order valence-electron chi connectivity index (χ0n) is 10.4. The zero-order valence-corrected chi connectivity index (χ0v) is 11.9. The van der Waals surface area contributed by atoms with Gasteiger partial charge in [-0.05, 0) is 48.6 Å². The average Bonchev–Trinajstić information content (AvgIpc) is 3.09. The highest BCUT2D eigenvalue weighted by Crippen LogP contribution is 2.33. The molecule has 94 valence electrons. The lowest BCUT2D eigenvalue weighted by Gasteiger charge is -2.08. The van der Waals surface area contributed by atoms with Gasteiger partial charge in [0.15, 0.2) is 0 Å². The predicted molar refractivity (Wildman–Crippen MR) is 79.4 cm³/mol. The molecule has 1 aromatic carbocycles. The Labute approximate surface area is 117 Å². The quantitative estimate of drug-likeness (QED) is 0.859. The fourth-order valence-electron chi connectivity index (χ4n) is 2.12. The third kappa shape index (κ3) is 2.77. The van der Waals surface area contributed by atoms with Gasteiger partial charge in [-0.3, -0.25) is 0 Å². The minimum Gasteiger partial charge on any atom is -0.310 e. The summed E-state index contributed by atoms with van der Waals surface area (Å²) in [7, 11) is 0. The summed E-state index contributed by atoms with van der Waals surface area (Å²) < 4.78 is 0.851. The van der Waals surface area contributed by atoms with Crippen LogP contribution >= 0.6 is 22.9 Å². The lowest BCUT2D eigenvalue weighted by molar-refractivity contribution is 0.687. The Kier molecular flexibility index (Phi) is 3.42. The van der Waals surface area contributed by atoms with Gasteiger partial charge in [0.05, 0.1) is 4.34 Å². The summed E-state index contributed by atoms with van der Waals surface area (Å²) >= 11 is 7.63. The first-order valence-corrected chi connectivity index (χ1v) is 7.50. The van der Waals surface area contributed by atoms with Crippen molar-refractivity contribution < 1.29 is 0 Å². The third-order valence-electron chi connectivity index (χ3n) is 3.30. The van der Waals surface area contributed by atoms with Crippen LogP contribution in [0, 0.1) is 6.92 Å². The molecule has 0 saturated heterocycles. The molecule has 2 aromatic rings. The van der Waals surface area contributed by atoms with E-state index in [4.69, 9.17) is 11.6 Å². The molecule has 1 aromatic heterocycles. The fourth-order valence-corrected chi connectivity index (χ4v) is 3.25. The summed E-state index contributed by atoms with van der Waals surface area (Å²) in [5, 5.41) is 3.54. The molecule has 1 saturated carbocycles. The molecule has 3 heteroatoms. The lowest BCUT2D eigenvalue weighted by atomic mass is 10.0. The first kappa shape index (κ1) is 12.2. The molecule has 1 aliphatic carbocycles. The minimum absolute atomic E-state index is 0.765. The molecule has 1 N–H and O–H groups in total. The number of aryl methyl sites for hydroxylation is 1. The maximum Gasteiger partial charge on any atom is 0.0934 e. The second-order valence-electron chi connectivity index (χ2n) is 4.91. The van der Waals surface area contributed by atoms with E-state index in [0.717, 1.165) is 16.9 Å². The Balaban J connectivity index is 1.79. The van der Waals surface area contributed by atoms with Crippen LogP contribution in [0.15, 0.2) is 30.3 Å². The van der Waals surface area contributed by atoms with Crippen LogP contribution in [0.25, 0.3) is 10.4 Å². The van der Waals surface area contributed by atoms with Crippen LogP contribution in [0.4, 0.5) is 0 Å². The molecule has 18 heavy (non-hydrogen) atoms. The molecule has 1 heterocycles. The van der Waals surface area contributed by atoms with Crippen molar-refractivity contribution in [2.45, 2.75) is 32.4 Å². The molecule has 0 unspecified atom stereocenters. The second-order valence-corrected chi connectivity index (χ2v) is 6.62. The van der Waals surface area contributed by atoms with Crippen molar-refractivity contribution >= 4 is 22.9 Å². The van der Waals surface area contributed by atoms with E-state index < -0.39 is 0 Å². The van der Waals surface area contributed by atoms with E-state index in [0.29, 0.717) is 0 Å². The highest BCUT2D eigenvalue weighted by atomic mass is 35.5. The summed E-state index contributed by atoms with van der Waals surface area (Å²) in [5.74, 6) is 0. The molecule has 1 nitrogen and oxygen atoms in total. The Bertz CT molecular complexity index is 557. The SMILES string of the molecule is Cc1cc(CNC2CC2)ccc1-c1ccc(Cl)s1. The maximum atomic E-state index is 5.99. The smallest absolute Gasteiger partial charge is 0.0934 e. The highest BCUT2D eigenvalue weighted by Gasteiger charge is 2.19. The first-order valence-electron chi connectivity index (χ1n) is 6.31. The van der Waals surface area contributed by atoms with Crippen LogP contribution in [0.5, 0.6) is 0 Å². The molecule has 1 aliphatic rings. The minimum atomic E-state index is 0.765. The molecule has 0 spiro atoms. The number of thiophene rings is 1. The van der Waals surface area contributed by atoms with Crippen LogP contribution in [0.2, 0.25) is 4.34 Å². The van der Waals surface area contributed by atoms with Crippen molar-refractivity contribution in [3.63, 3.8) is 0 Å². The highest BCUT2D eigenvalue weighted by molar-refractivity contribution is 7.19. The second kappa shape index (κ2) is 5.04. The number of rotatable bonds is 4. The number of hydrogen-bond acceptors (Lipinski definition) is 2. The van der Waals surface area contributed by atoms with Gasteiger partial charge in [0.2, 0.25) is 0 Å². The number of halogens is 1. The van der Waals surface area contributed by atoms with E-state index in [2.05, 4.69) is 36.5 Å². The van der Waals surface area contributed by atoms with Crippen molar-refractivity contribution in [2.24, 2.45) is 0 Å². The van der Waals surface area contributed by atoms with E-state index in [1.54, 1.807) is 11.3 Å². The Morgan fingerprint density at radius 2 is 2.11 bits per heavy atom. The largest absolute Gasteiger partial charge is 0.310 e. The summed E-state index contributed by atoms with van der Waals surface area (Å²) in [6, 6.07) is 11.5. The van der Waals surface area contributed by atoms with Crippen molar-refractivity contribution in [2.75, 3.05) is 0 Å². The Hall–Kier alpha value is -0.830. The monoisotopic (exact) mass is 277 g/mol. The van der Waals surface area contributed by atoms with Crippen LogP contribution < -0.4 is 5.32 Å². The first-order chi connectivity index (χ1) is 8.72. The molecular weight excluding hydrogens is 262 g/mol. The van der Waals surface area contributed by atoms with Crippen LogP contribution in [-0.4, -0.2) is 6.04 Å². The van der Waals surface area contributed by atoms with Gasteiger partial charge >= 0.3 is 0 Å². The number of nitrogens with one attached hydrogen (secondary N) is 1. The Morgan fingerprint density at radius 1 is 1.28 bits per heavy atom. The van der Waals surface area contributed by atoms with E-state index in [-0.39, 0.29) is 0 Å².